The predicted molar refractivity (Wildman–Crippen MR) is 82.1 cm³/mol. The van der Waals surface area contributed by atoms with E-state index in [2.05, 4.69) is 16.9 Å². The van der Waals surface area contributed by atoms with Gasteiger partial charge in [-0.05, 0) is 43.7 Å². The van der Waals surface area contributed by atoms with Gasteiger partial charge in [0.05, 0.1) is 12.3 Å². The van der Waals surface area contributed by atoms with Crippen LogP contribution in [0.1, 0.15) is 44.9 Å². The lowest BCUT2D eigenvalue weighted by Gasteiger charge is -2.32. The van der Waals surface area contributed by atoms with Crippen molar-refractivity contribution >= 4 is 11.5 Å². The number of ether oxygens (including phenoxy) is 1. The third kappa shape index (κ3) is 3.17. The Hall–Kier alpha value is -1.45. The van der Waals surface area contributed by atoms with Crippen LogP contribution in [0.2, 0.25) is 0 Å². The predicted octanol–water partition coefficient (Wildman–Crippen LogP) is 3.22. The molecule has 1 heterocycles. The van der Waals surface area contributed by atoms with Crippen molar-refractivity contribution < 1.29 is 4.74 Å². The second-order valence-corrected chi connectivity index (χ2v) is 6.22. The molecular formula is C16H25N3O. The molecule has 20 heavy (non-hydrogen) atoms. The molecule has 0 unspecified atom stereocenters. The standard InChI is InChI=1S/C16H25N3O/c1-19(13-5-3-2-4-6-13)15-10-9-14(17)16(18-15)20-11-12-7-8-12/h9-10,12-13H,2-8,11,17H2,1H3. The minimum absolute atomic E-state index is 0.608. The number of nitrogen functional groups attached to an aromatic ring is 1. The summed E-state index contributed by atoms with van der Waals surface area (Å²) in [6.45, 7) is 0.758. The topological polar surface area (TPSA) is 51.4 Å². The Morgan fingerprint density at radius 2 is 1.95 bits per heavy atom. The molecule has 0 spiro atoms. The maximum atomic E-state index is 5.97. The van der Waals surface area contributed by atoms with Crippen LogP contribution in [0.15, 0.2) is 12.1 Å². The molecule has 1 aromatic rings. The maximum absolute atomic E-state index is 5.97. The van der Waals surface area contributed by atoms with Crippen LogP contribution in [0.4, 0.5) is 11.5 Å². The van der Waals surface area contributed by atoms with Crippen molar-refractivity contribution in [2.24, 2.45) is 5.92 Å². The third-order valence-corrected chi connectivity index (χ3v) is 4.51. The summed E-state index contributed by atoms with van der Waals surface area (Å²) in [5.74, 6) is 2.31. The molecule has 2 fully saturated rings. The number of anilines is 2. The molecule has 0 aromatic carbocycles. The van der Waals surface area contributed by atoms with Crippen molar-refractivity contribution in [2.75, 3.05) is 24.3 Å². The number of nitrogens with zero attached hydrogens (tertiary/aromatic N) is 2. The zero-order valence-corrected chi connectivity index (χ0v) is 12.3. The van der Waals surface area contributed by atoms with E-state index in [4.69, 9.17) is 10.5 Å². The van der Waals surface area contributed by atoms with Gasteiger partial charge in [-0.3, -0.25) is 0 Å². The van der Waals surface area contributed by atoms with Gasteiger partial charge in [-0.2, -0.15) is 4.98 Å². The second kappa shape index (κ2) is 5.90. The summed E-state index contributed by atoms with van der Waals surface area (Å²) >= 11 is 0. The van der Waals surface area contributed by atoms with E-state index in [9.17, 15) is 0 Å². The fourth-order valence-corrected chi connectivity index (χ4v) is 2.89. The van der Waals surface area contributed by atoms with E-state index in [0.717, 1.165) is 18.3 Å². The van der Waals surface area contributed by atoms with Crippen molar-refractivity contribution in [2.45, 2.75) is 51.0 Å². The van der Waals surface area contributed by atoms with E-state index in [1.54, 1.807) is 0 Å². The van der Waals surface area contributed by atoms with Gasteiger partial charge in [-0.25, -0.2) is 0 Å². The summed E-state index contributed by atoms with van der Waals surface area (Å²) in [4.78, 5) is 6.92. The Balaban J connectivity index is 1.69. The van der Waals surface area contributed by atoms with E-state index >= 15 is 0 Å². The van der Waals surface area contributed by atoms with Gasteiger partial charge < -0.3 is 15.4 Å². The van der Waals surface area contributed by atoms with Crippen molar-refractivity contribution in [3.05, 3.63) is 12.1 Å². The summed E-state index contributed by atoms with van der Waals surface area (Å²) in [5.41, 5.74) is 6.61. The highest BCUT2D eigenvalue weighted by molar-refractivity contribution is 5.54. The first-order valence-corrected chi connectivity index (χ1v) is 7.86. The Morgan fingerprint density at radius 3 is 2.65 bits per heavy atom. The number of rotatable bonds is 5. The molecular weight excluding hydrogens is 250 g/mol. The Labute approximate surface area is 121 Å². The summed E-state index contributed by atoms with van der Waals surface area (Å²) in [6, 6.07) is 4.54. The number of pyridine rings is 1. The molecule has 0 aliphatic heterocycles. The van der Waals surface area contributed by atoms with E-state index < -0.39 is 0 Å². The average Bonchev–Trinajstić information content (AvgIpc) is 3.31. The van der Waals surface area contributed by atoms with Gasteiger partial charge >= 0.3 is 0 Å². The molecule has 2 N–H and O–H groups in total. The first-order valence-electron chi connectivity index (χ1n) is 7.86. The summed E-state index contributed by atoms with van der Waals surface area (Å²) < 4.78 is 5.78. The molecule has 110 valence electrons. The van der Waals surface area contributed by atoms with Crippen LogP contribution in [0.3, 0.4) is 0 Å². The molecule has 0 bridgehead atoms. The minimum Gasteiger partial charge on any atom is -0.476 e. The monoisotopic (exact) mass is 275 g/mol. The number of hydrogen-bond acceptors (Lipinski definition) is 4. The zero-order valence-electron chi connectivity index (χ0n) is 12.3. The average molecular weight is 275 g/mol. The summed E-state index contributed by atoms with van der Waals surface area (Å²) in [6.07, 6.45) is 9.12. The summed E-state index contributed by atoms with van der Waals surface area (Å²) in [7, 11) is 2.14. The van der Waals surface area contributed by atoms with Gasteiger partial charge in [0.1, 0.15) is 5.82 Å². The first kappa shape index (κ1) is 13.5. The lowest BCUT2D eigenvalue weighted by Crippen LogP contribution is -2.33. The van der Waals surface area contributed by atoms with Crippen LogP contribution < -0.4 is 15.4 Å². The first-order chi connectivity index (χ1) is 9.74. The zero-order chi connectivity index (χ0) is 13.9. The molecule has 0 atom stereocenters. The van der Waals surface area contributed by atoms with Gasteiger partial charge in [0, 0.05) is 13.1 Å². The number of hydrogen-bond donors (Lipinski definition) is 1. The third-order valence-electron chi connectivity index (χ3n) is 4.51. The Bertz CT molecular complexity index is 453. The normalized spacial score (nSPS) is 19.9. The van der Waals surface area contributed by atoms with Crippen molar-refractivity contribution in [3.63, 3.8) is 0 Å². The van der Waals surface area contributed by atoms with Crippen molar-refractivity contribution in [1.29, 1.82) is 0 Å². The van der Waals surface area contributed by atoms with Crippen LogP contribution in [-0.2, 0) is 0 Å². The molecule has 4 heteroatoms. The van der Waals surface area contributed by atoms with E-state index in [1.807, 2.05) is 12.1 Å². The van der Waals surface area contributed by atoms with Crippen LogP contribution in [0.25, 0.3) is 0 Å². The van der Waals surface area contributed by atoms with Gasteiger partial charge in [0.15, 0.2) is 0 Å². The molecule has 1 aromatic heterocycles. The maximum Gasteiger partial charge on any atom is 0.239 e. The number of nitrogens with two attached hydrogens (primary N) is 1. The fourth-order valence-electron chi connectivity index (χ4n) is 2.89. The largest absolute Gasteiger partial charge is 0.476 e. The lowest BCUT2D eigenvalue weighted by molar-refractivity contribution is 0.290. The molecule has 0 saturated heterocycles. The van der Waals surface area contributed by atoms with Gasteiger partial charge in [-0.15, -0.1) is 0 Å². The van der Waals surface area contributed by atoms with Crippen LogP contribution in [0, 0.1) is 5.92 Å². The Morgan fingerprint density at radius 1 is 1.20 bits per heavy atom. The van der Waals surface area contributed by atoms with E-state index in [0.29, 0.717) is 17.6 Å². The molecule has 0 radical (unpaired) electrons. The van der Waals surface area contributed by atoms with Gasteiger partial charge in [0.2, 0.25) is 5.88 Å². The van der Waals surface area contributed by atoms with E-state index in [-0.39, 0.29) is 0 Å². The van der Waals surface area contributed by atoms with Gasteiger partial charge in [0.25, 0.3) is 0 Å². The fraction of sp³-hybridized carbons (Fsp3) is 0.688. The highest BCUT2D eigenvalue weighted by Crippen LogP contribution is 2.32. The SMILES string of the molecule is CN(c1ccc(N)c(OCC2CC2)n1)C1CCCCC1. The minimum atomic E-state index is 0.608. The van der Waals surface area contributed by atoms with Crippen molar-refractivity contribution in [3.8, 4) is 5.88 Å². The summed E-state index contributed by atoms with van der Waals surface area (Å²) in [5, 5.41) is 0. The lowest BCUT2D eigenvalue weighted by atomic mass is 9.94. The molecule has 2 saturated carbocycles. The molecule has 2 aliphatic rings. The highest BCUT2D eigenvalue weighted by Gasteiger charge is 2.23. The smallest absolute Gasteiger partial charge is 0.239 e. The second-order valence-electron chi connectivity index (χ2n) is 6.22. The van der Waals surface area contributed by atoms with Crippen LogP contribution in [-0.4, -0.2) is 24.7 Å². The van der Waals surface area contributed by atoms with Crippen molar-refractivity contribution in [1.82, 2.24) is 4.98 Å². The number of aromatic nitrogens is 1. The molecule has 0 amide bonds. The van der Waals surface area contributed by atoms with Crippen LogP contribution in [0.5, 0.6) is 5.88 Å². The van der Waals surface area contributed by atoms with Gasteiger partial charge in [-0.1, -0.05) is 19.3 Å². The highest BCUT2D eigenvalue weighted by atomic mass is 16.5. The molecule has 2 aliphatic carbocycles. The quantitative estimate of drug-likeness (QED) is 0.896. The van der Waals surface area contributed by atoms with E-state index in [1.165, 1.54) is 44.9 Å². The molecule has 4 nitrogen and oxygen atoms in total. The Kier molecular flexibility index (Phi) is 3.99. The van der Waals surface area contributed by atoms with Crippen LogP contribution >= 0.6 is 0 Å². The molecule has 3 rings (SSSR count).